The molecule has 1 aliphatic heterocycles. The normalized spacial score (nSPS) is 19.0. The van der Waals surface area contributed by atoms with Gasteiger partial charge in [-0.1, -0.05) is 0 Å². The Morgan fingerprint density at radius 2 is 2.47 bits per heavy atom. The number of nitrogens with one attached hydrogen (secondary N) is 2. The molecule has 1 aliphatic rings. The molecule has 1 fully saturated rings. The maximum absolute atomic E-state index is 11.8. The van der Waals surface area contributed by atoms with Gasteiger partial charge in [-0.15, -0.1) is 0 Å². The molecule has 0 spiro atoms. The van der Waals surface area contributed by atoms with Gasteiger partial charge in [0.25, 0.3) is 5.69 Å². The molecule has 0 radical (unpaired) electrons. The van der Waals surface area contributed by atoms with E-state index in [9.17, 15) is 14.9 Å². The Balaban J connectivity index is 2.29. The largest absolute Gasteiger partial charge is 0.357 e. The molecule has 0 aliphatic carbocycles. The molecule has 1 saturated heterocycles. The third-order valence-corrected chi connectivity index (χ3v) is 3.03. The molecule has 2 rings (SSSR count). The first-order chi connectivity index (χ1) is 9.13. The number of nitrogens with zero attached hydrogens (tertiary/aromatic N) is 3. The molecule has 1 aromatic heterocycles. The molecule has 8 nitrogen and oxygen atoms in total. The molecule has 2 N–H and O–H groups in total. The number of piperazine rings is 1. The molecule has 0 saturated carbocycles. The number of carbonyl (C=O) groups is 1. The van der Waals surface area contributed by atoms with Gasteiger partial charge in [-0.3, -0.25) is 14.9 Å². The number of anilines is 1. The Bertz CT molecular complexity index is 493. The average Bonchev–Trinajstić information content (AvgIpc) is 2.46. The number of hydrogen-bond acceptors (Lipinski definition) is 6. The molecule has 102 valence electrons. The van der Waals surface area contributed by atoms with Gasteiger partial charge < -0.3 is 15.5 Å². The van der Waals surface area contributed by atoms with E-state index in [1.54, 1.807) is 11.9 Å². The summed E-state index contributed by atoms with van der Waals surface area (Å²) in [7, 11) is 1.57. The minimum atomic E-state index is -0.470. The van der Waals surface area contributed by atoms with Gasteiger partial charge >= 0.3 is 0 Å². The van der Waals surface area contributed by atoms with Crippen LogP contribution >= 0.6 is 0 Å². The fourth-order valence-electron chi connectivity index (χ4n) is 2.06. The summed E-state index contributed by atoms with van der Waals surface area (Å²) in [6.07, 6.45) is 1.39. The third-order valence-electron chi connectivity index (χ3n) is 3.03. The van der Waals surface area contributed by atoms with Crippen LogP contribution in [0.25, 0.3) is 0 Å². The van der Waals surface area contributed by atoms with Crippen LogP contribution in [-0.4, -0.2) is 48.5 Å². The number of hydrogen-bond donors (Lipinski definition) is 2. The number of nitro groups is 1. The van der Waals surface area contributed by atoms with Crippen LogP contribution < -0.4 is 15.5 Å². The van der Waals surface area contributed by atoms with Crippen LogP contribution in [0.1, 0.15) is 0 Å². The second-order valence-corrected chi connectivity index (χ2v) is 4.16. The number of carbonyl (C=O) groups excluding carboxylic acids is 1. The number of aromatic nitrogens is 1. The highest BCUT2D eigenvalue weighted by molar-refractivity contribution is 5.85. The monoisotopic (exact) mass is 265 g/mol. The summed E-state index contributed by atoms with van der Waals surface area (Å²) in [6.45, 7) is 1.77. The van der Waals surface area contributed by atoms with Crippen molar-refractivity contribution in [1.82, 2.24) is 15.6 Å². The minimum Gasteiger partial charge on any atom is -0.357 e. The summed E-state index contributed by atoms with van der Waals surface area (Å²) in [5.74, 6) is 0.310. The number of pyridine rings is 1. The second kappa shape index (κ2) is 5.61. The van der Waals surface area contributed by atoms with Gasteiger partial charge in [0.15, 0.2) is 0 Å². The van der Waals surface area contributed by atoms with Gasteiger partial charge in [-0.2, -0.15) is 0 Å². The standard InChI is InChI=1S/C11H15N5O3/c1-12-11(17)9-7-13-4-5-15(9)10-6-8(16(18)19)2-3-14-10/h2-3,6,9,13H,4-5,7H2,1H3,(H,12,17). The topological polar surface area (TPSA) is 100 Å². The Hall–Kier alpha value is -2.22. The van der Waals surface area contributed by atoms with E-state index in [1.165, 1.54) is 18.3 Å². The number of rotatable bonds is 3. The van der Waals surface area contributed by atoms with Crippen LogP contribution in [0.15, 0.2) is 18.3 Å². The first-order valence-electron chi connectivity index (χ1n) is 5.93. The zero-order valence-corrected chi connectivity index (χ0v) is 10.5. The molecular weight excluding hydrogens is 250 g/mol. The lowest BCUT2D eigenvalue weighted by atomic mass is 10.1. The molecule has 0 aromatic carbocycles. The third kappa shape index (κ3) is 2.79. The van der Waals surface area contributed by atoms with E-state index in [-0.39, 0.29) is 11.6 Å². The second-order valence-electron chi connectivity index (χ2n) is 4.16. The molecule has 2 heterocycles. The molecule has 1 atom stereocenters. The van der Waals surface area contributed by atoms with Gasteiger partial charge in [0.1, 0.15) is 11.9 Å². The van der Waals surface area contributed by atoms with E-state index in [0.717, 1.165) is 0 Å². The van der Waals surface area contributed by atoms with E-state index in [0.29, 0.717) is 25.5 Å². The van der Waals surface area contributed by atoms with Crippen molar-refractivity contribution >= 4 is 17.4 Å². The van der Waals surface area contributed by atoms with Crippen molar-refractivity contribution in [3.05, 3.63) is 28.4 Å². The molecular formula is C11H15N5O3. The molecule has 8 heteroatoms. The van der Waals surface area contributed by atoms with Crippen molar-refractivity contribution in [3.63, 3.8) is 0 Å². The lowest BCUT2D eigenvalue weighted by molar-refractivity contribution is -0.384. The highest BCUT2D eigenvalue weighted by Crippen LogP contribution is 2.20. The van der Waals surface area contributed by atoms with Crippen LogP contribution in [0, 0.1) is 10.1 Å². The van der Waals surface area contributed by atoms with Crippen LogP contribution in [0.3, 0.4) is 0 Å². The van der Waals surface area contributed by atoms with Crippen molar-refractivity contribution in [2.24, 2.45) is 0 Å². The average molecular weight is 265 g/mol. The molecule has 1 aromatic rings. The van der Waals surface area contributed by atoms with Crippen molar-refractivity contribution in [1.29, 1.82) is 0 Å². The van der Waals surface area contributed by atoms with E-state index in [2.05, 4.69) is 15.6 Å². The fourth-order valence-corrected chi connectivity index (χ4v) is 2.06. The van der Waals surface area contributed by atoms with E-state index in [4.69, 9.17) is 0 Å². The highest BCUT2D eigenvalue weighted by Gasteiger charge is 2.29. The lowest BCUT2D eigenvalue weighted by Gasteiger charge is -2.35. The lowest BCUT2D eigenvalue weighted by Crippen LogP contribution is -2.57. The van der Waals surface area contributed by atoms with Gasteiger partial charge in [0.05, 0.1) is 11.0 Å². The predicted molar refractivity (Wildman–Crippen MR) is 69.0 cm³/mol. The summed E-state index contributed by atoms with van der Waals surface area (Å²) in [6, 6.07) is 2.32. The summed E-state index contributed by atoms with van der Waals surface area (Å²) >= 11 is 0. The summed E-state index contributed by atoms with van der Waals surface area (Å²) < 4.78 is 0. The molecule has 19 heavy (non-hydrogen) atoms. The number of likely N-dealkylation sites (N-methyl/N-ethyl adjacent to an activating group) is 1. The first-order valence-corrected chi connectivity index (χ1v) is 5.93. The Kier molecular flexibility index (Phi) is 3.91. The van der Waals surface area contributed by atoms with Gasteiger partial charge in [-0.25, -0.2) is 4.98 Å². The maximum Gasteiger partial charge on any atom is 0.274 e. The van der Waals surface area contributed by atoms with Crippen LogP contribution in [-0.2, 0) is 4.79 Å². The quantitative estimate of drug-likeness (QED) is 0.565. The van der Waals surface area contributed by atoms with E-state index in [1.807, 2.05) is 0 Å². The fraction of sp³-hybridized carbons (Fsp3) is 0.455. The van der Waals surface area contributed by atoms with Gasteiger partial charge in [0.2, 0.25) is 5.91 Å². The molecule has 1 unspecified atom stereocenters. The van der Waals surface area contributed by atoms with Gasteiger partial charge in [0, 0.05) is 38.9 Å². The summed E-state index contributed by atoms with van der Waals surface area (Å²) in [5, 5.41) is 16.5. The van der Waals surface area contributed by atoms with Crippen molar-refractivity contribution in [2.45, 2.75) is 6.04 Å². The van der Waals surface area contributed by atoms with Crippen molar-refractivity contribution < 1.29 is 9.72 Å². The van der Waals surface area contributed by atoms with E-state index < -0.39 is 11.0 Å². The highest BCUT2D eigenvalue weighted by atomic mass is 16.6. The molecule has 0 bridgehead atoms. The zero-order chi connectivity index (χ0) is 13.8. The predicted octanol–water partition coefficient (Wildman–Crippen LogP) is -0.486. The molecule has 1 amide bonds. The summed E-state index contributed by atoms with van der Waals surface area (Å²) in [5.41, 5.74) is -0.0285. The van der Waals surface area contributed by atoms with Crippen LogP contribution in [0.4, 0.5) is 11.5 Å². The summed E-state index contributed by atoms with van der Waals surface area (Å²) in [4.78, 5) is 28.0. The Morgan fingerprint density at radius 3 is 3.16 bits per heavy atom. The first kappa shape index (κ1) is 13.2. The smallest absolute Gasteiger partial charge is 0.274 e. The maximum atomic E-state index is 11.8. The zero-order valence-electron chi connectivity index (χ0n) is 10.5. The Morgan fingerprint density at radius 1 is 1.68 bits per heavy atom. The van der Waals surface area contributed by atoms with E-state index >= 15 is 0 Å². The Labute approximate surface area is 110 Å². The minimum absolute atomic E-state index is 0.0285. The van der Waals surface area contributed by atoms with Crippen molar-refractivity contribution in [2.75, 3.05) is 31.6 Å². The van der Waals surface area contributed by atoms with Gasteiger partial charge in [-0.05, 0) is 0 Å². The van der Waals surface area contributed by atoms with Crippen LogP contribution in [0.2, 0.25) is 0 Å². The van der Waals surface area contributed by atoms with Crippen LogP contribution in [0.5, 0.6) is 0 Å². The van der Waals surface area contributed by atoms with Crippen molar-refractivity contribution in [3.8, 4) is 0 Å². The SMILES string of the molecule is CNC(=O)C1CNCCN1c1cc([N+](=O)[O-])ccn1. The number of amides is 1.